The van der Waals surface area contributed by atoms with Crippen LogP contribution in [0.5, 0.6) is 5.75 Å². The first kappa shape index (κ1) is 23.8. The highest BCUT2D eigenvalue weighted by atomic mass is 32.2. The molecule has 0 unspecified atom stereocenters. The SMILES string of the molecule is CCCCOc1ccccc1C(=O)NC(=S)Nc1ccc(S(=O)(=O)NC(C)C)cc1. The van der Waals surface area contributed by atoms with Gasteiger partial charge in [-0.25, -0.2) is 13.1 Å². The largest absolute Gasteiger partial charge is 0.493 e. The zero-order valence-corrected chi connectivity index (χ0v) is 18.9. The van der Waals surface area contributed by atoms with Gasteiger partial charge in [0.1, 0.15) is 5.75 Å². The second-order valence-electron chi connectivity index (χ2n) is 6.91. The maximum absolute atomic E-state index is 12.6. The maximum atomic E-state index is 12.6. The lowest BCUT2D eigenvalue weighted by molar-refractivity contribution is 0.0973. The van der Waals surface area contributed by atoms with Crippen molar-refractivity contribution in [3.63, 3.8) is 0 Å². The Hall–Kier alpha value is -2.49. The van der Waals surface area contributed by atoms with E-state index in [1.165, 1.54) is 12.1 Å². The Morgan fingerprint density at radius 1 is 1.10 bits per heavy atom. The van der Waals surface area contributed by atoms with Gasteiger partial charge in [0, 0.05) is 11.7 Å². The van der Waals surface area contributed by atoms with Crippen molar-refractivity contribution in [2.75, 3.05) is 11.9 Å². The van der Waals surface area contributed by atoms with Crippen LogP contribution in [-0.2, 0) is 10.0 Å². The Kier molecular flexibility index (Phi) is 8.76. The lowest BCUT2D eigenvalue weighted by Crippen LogP contribution is -2.34. The van der Waals surface area contributed by atoms with E-state index in [-0.39, 0.29) is 22.0 Å². The molecule has 0 bridgehead atoms. The Morgan fingerprint density at radius 3 is 2.40 bits per heavy atom. The fourth-order valence-corrected chi connectivity index (χ4v) is 4.00. The molecular formula is C21H27N3O4S2. The predicted molar refractivity (Wildman–Crippen MR) is 122 cm³/mol. The smallest absolute Gasteiger partial charge is 0.261 e. The molecule has 0 radical (unpaired) electrons. The topological polar surface area (TPSA) is 96.5 Å². The van der Waals surface area contributed by atoms with Crippen LogP contribution in [0.4, 0.5) is 5.69 Å². The second kappa shape index (κ2) is 11.1. The summed E-state index contributed by atoms with van der Waals surface area (Å²) in [6, 6.07) is 12.9. The van der Waals surface area contributed by atoms with Crippen LogP contribution in [0, 0.1) is 0 Å². The standard InChI is InChI=1S/C21H27N3O4S2/c1-4-5-14-28-19-9-7-6-8-18(19)20(25)23-21(29)22-16-10-12-17(13-11-16)30(26,27)24-15(2)3/h6-13,15,24H,4-5,14H2,1-3H3,(H2,22,23,25,29). The molecule has 162 valence electrons. The molecule has 0 saturated heterocycles. The molecule has 30 heavy (non-hydrogen) atoms. The number of anilines is 1. The maximum Gasteiger partial charge on any atom is 0.261 e. The number of amides is 1. The van der Waals surface area contributed by atoms with Crippen LogP contribution >= 0.6 is 12.2 Å². The van der Waals surface area contributed by atoms with E-state index in [1.54, 1.807) is 50.2 Å². The van der Waals surface area contributed by atoms with Crippen molar-refractivity contribution in [1.82, 2.24) is 10.0 Å². The molecule has 0 spiro atoms. The van der Waals surface area contributed by atoms with E-state index in [9.17, 15) is 13.2 Å². The monoisotopic (exact) mass is 449 g/mol. The van der Waals surface area contributed by atoms with Crippen LogP contribution in [0.15, 0.2) is 53.4 Å². The lowest BCUT2D eigenvalue weighted by Gasteiger charge is -2.13. The molecule has 0 saturated carbocycles. The van der Waals surface area contributed by atoms with Gasteiger partial charge in [0.05, 0.1) is 17.1 Å². The van der Waals surface area contributed by atoms with Gasteiger partial charge >= 0.3 is 0 Å². The molecule has 0 aliphatic rings. The van der Waals surface area contributed by atoms with Gasteiger partial charge in [-0.2, -0.15) is 0 Å². The highest BCUT2D eigenvalue weighted by Crippen LogP contribution is 2.19. The van der Waals surface area contributed by atoms with E-state index in [2.05, 4.69) is 22.3 Å². The van der Waals surface area contributed by atoms with Crippen LogP contribution in [0.3, 0.4) is 0 Å². The van der Waals surface area contributed by atoms with Gasteiger partial charge in [-0.05, 0) is 68.9 Å². The summed E-state index contributed by atoms with van der Waals surface area (Å²) in [7, 11) is -3.57. The van der Waals surface area contributed by atoms with Gasteiger partial charge in [-0.15, -0.1) is 0 Å². The number of hydrogen-bond donors (Lipinski definition) is 3. The quantitative estimate of drug-likeness (QED) is 0.399. The molecule has 3 N–H and O–H groups in total. The van der Waals surface area contributed by atoms with E-state index >= 15 is 0 Å². The number of para-hydroxylation sites is 1. The minimum atomic E-state index is -3.57. The number of sulfonamides is 1. The summed E-state index contributed by atoms with van der Waals surface area (Å²) in [5, 5.41) is 5.59. The molecule has 0 aliphatic carbocycles. The number of thiocarbonyl (C=S) groups is 1. The molecule has 2 aromatic rings. The van der Waals surface area contributed by atoms with Crippen molar-refractivity contribution in [2.24, 2.45) is 0 Å². The fourth-order valence-electron chi connectivity index (χ4n) is 2.54. The summed E-state index contributed by atoms with van der Waals surface area (Å²) in [4.78, 5) is 12.7. The van der Waals surface area contributed by atoms with Crippen molar-refractivity contribution in [1.29, 1.82) is 0 Å². The molecule has 0 aliphatic heterocycles. The third-order valence-corrected chi connectivity index (χ3v) is 5.81. The van der Waals surface area contributed by atoms with Gasteiger partial charge in [0.25, 0.3) is 5.91 Å². The normalized spacial score (nSPS) is 11.2. The summed E-state index contributed by atoms with van der Waals surface area (Å²) in [6.07, 6.45) is 1.89. The van der Waals surface area contributed by atoms with Crippen LogP contribution in [0.2, 0.25) is 0 Å². The van der Waals surface area contributed by atoms with Crippen LogP contribution < -0.4 is 20.1 Å². The van der Waals surface area contributed by atoms with Gasteiger partial charge in [0.15, 0.2) is 5.11 Å². The summed E-state index contributed by atoms with van der Waals surface area (Å²) >= 11 is 5.21. The first-order valence-electron chi connectivity index (χ1n) is 9.69. The van der Waals surface area contributed by atoms with Crippen molar-refractivity contribution >= 4 is 38.9 Å². The summed E-state index contributed by atoms with van der Waals surface area (Å²) in [5.74, 6) is 0.110. The molecule has 0 aromatic heterocycles. The van der Waals surface area contributed by atoms with E-state index in [1.807, 2.05) is 0 Å². The van der Waals surface area contributed by atoms with E-state index < -0.39 is 10.0 Å². The van der Waals surface area contributed by atoms with Gasteiger partial charge in [-0.1, -0.05) is 25.5 Å². The summed E-state index contributed by atoms with van der Waals surface area (Å²) in [6.45, 7) is 6.10. The summed E-state index contributed by atoms with van der Waals surface area (Å²) < 4.78 is 32.6. The fraction of sp³-hybridized carbons (Fsp3) is 0.333. The second-order valence-corrected chi connectivity index (χ2v) is 9.03. The first-order chi connectivity index (χ1) is 14.2. The van der Waals surface area contributed by atoms with E-state index in [4.69, 9.17) is 17.0 Å². The van der Waals surface area contributed by atoms with Gasteiger partial charge < -0.3 is 10.1 Å². The zero-order chi connectivity index (χ0) is 22.1. The number of unbranched alkanes of at least 4 members (excludes halogenated alkanes) is 1. The molecule has 0 heterocycles. The average molecular weight is 450 g/mol. The predicted octanol–water partition coefficient (Wildman–Crippen LogP) is 3.68. The van der Waals surface area contributed by atoms with E-state index in [0.717, 1.165) is 12.8 Å². The minimum absolute atomic E-state index is 0.0965. The van der Waals surface area contributed by atoms with Crippen LogP contribution in [-0.4, -0.2) is 32.1 Å². The van der Waals surface area contributed by atoms with Crippen molar-refractivity contribution in [3.05, 3.63) is 54.1 Å². The Morgan fingerprint density at radius 2 is 1.77 bits per heavy atom. The molecule has 0 fully saturated rings. The average Bonchev–Trinajstić information content (AvgIpc) is 2.68. The molecular weight excluding hydrogens is 422 g/mol. The molecule has 0 atom stereocenters. The number of rotatable bonds is 9. The third-order valence-electron chi connectivity index (χ3n) is 3.93. The molecule has 1 amide bonds. The Balaban J connectivity index is 2.00. The van der Waals surface area contributed by atoms with Gasteiger partial charge in [0.2, 0.25) is 10.0 Å². The number of carbonyl (C=O) groups is 1. The highest BCUT2D eigenvalue weighted by Gasteiger charge is 2.16. The third kappa shape index (κ3) is 7.08. The number of ether oxygens (including phenoxy) is 1. The van der Waals surface area contributed by atoms with Crippen molar-refractivity contribution in [3.8, 4) is 5.75 Å². The molecule has 2 rings (SSSR count). The van der Waals surface area contributed by atoms with Gasteiger partial charge in [-0.3, -0.25) is 10.1 Å². The number of nitrogens with one attached hydrogen (secondary N) is 3. The number of benzene rings is 2. The minimum Gasteiger partial charge on any atom is -0.493 e. The molecule has 9 heteroatoms. The van der Waals surface area contributed by atoms with Crippen LogP contribution in [0.25, 0.3) is 0 Å². The van der Waals surface area contributed by atoms with Crippen LogP contribution in [0.1, 0.15) is 44.0 Å². The highest BCUT2D eigenvalue weighted by molar-refractivity contribution is 7.89. The van der Waals surface area contributed by atoms with E-state index in [0.29, 0.717) is 23.6 Å². The molecule has 2 aromatic carbocycles. The number of hydrogen-bond acceptors (Lipinski definition) is 5. The molecule has 7 nitrogen and oxygen atoms in total. The summed E-state index contributed by atoms with van der Waals surface area (Å²) in [5.41, 5.74) is 0.940. The first-order valence-corrected chi connectivity index (χ1v) is 11.6. The Labute approximate surface area is 183 Å². The van der Waals surface area contributed by atoms with Crippen molar-refractivity contribution < 1.29 is 17.9 Å². The Bertz CT molecular complexity index is 974. The number of carbonyl (C=O) groups excluding carboxylic acids is 1. The zero-order valence-electron chi connectivity index (χ0n) is 17.3. The van der Waals surface area contributed by atoms with Crippen molar-refractivity contribution in [2.45, 2.75) is 44.6 Å². The lowest BCUT2D eigenvalue weighted by atomic mass is 10.2.